The number of aryl methyl sites for hydroxylation is 1. The van der Waals surface area contributed by atoms with Crippen LogP contribution in [0.1, 0.15) is 43.2 Å². The monoisotopic (exact) mass is 460 g/mol. The summed E-state index contributed by atoms with van der Waals surface area (Å²) in [6.45, 7) is 9.58. The van der Waals surface area contributed by atoms with Gasteiger partial charge in [0.25, 0.3) is 5.91 Å². The molecule has 1 N–H and O–H groups in total. The Kier molecular flexibility index (Phi) is 5.95. The molecule has 10 nitrogen and oxygen atoms in total. The van der Waals surface area contributed by atoms with Crippen molar-refractivity contribution in [2.24, 2.45) is 0 Å². The van der Waals surface area contributed by atoms with Gasteiger partial charge in [-0.15, -0.1) is 11.3 Å². The fourth-order valence-corrected chi connectivity index (χ4v) is 4.66. The summed E-state index contributed by atoms with van der Waals surface area (Å²) in [4.78, 5) is 45.1. The highest BCUT2D eigenvalue weighted by molar-refractivity contribution is 7.10. The number of hydrazine groups is 1. The van der Waals surface area contributed by atoms with E-state index < -0.39 is 17.7 Å². The molecule has 4 heterocycles. The second-order valence-electron chi connectivity index (χ2n) is 8.85. The topological polar surface area (TPSA) is 100 Å². The molecule has 0 aromatic carbocycles. The number of amides is 3. The van der Waals surface area contributed by atoms with E-state index in [1.54, 1.807) is 41.4 Å². The lowest BCUT2D eigenvalue weighted by Crippen LogP contribution is -2.57. The van der Waals surface area contributed by atoms with Crippen LogP contribution in [0.2, 0.25) is 0 Å². The number of thiophene rings is 1. The van der Waals surface area contributed by atoms with Crippen molar-refractivity contribution in [2.45, 2.75) is 45.9 Å². The molecule has 1 unspecified atom stereocenters. The molecule has 0 bridgehead atoms. The summed E-state index contributed by atoms with van der Waals surface area (Å²) in [5, 5.41) is 8.28. The quantitative estimate of drug-likeness (QED) is 0.752. The molecule has 0 aliphatic carbocycles. The molecule has 2 aliphatic rings. The van der Waals surface area contributed by atoms with Crippen molar-refractivity contribution < 1.29 is 19.1 Å². The summed E-state index contributed by atoms with van der Waals surface area (Å²) >= 11 is 1.41. The highest BCUT2D eigenvalue weighted by Crippen LogP contribution is 2.25. The minimum absolute atomic E-state index is 0.113. The SMILES string of the molecule is Cc1ncc2n1C(=O)N(N1CCN(C(=O)C(NC(=O)OC(C)(C)C)c3cccs3)CC1)C2. The van der Waals surface area contributed by atoms with Gasteiger partial charge in [-0.2, -0.15) is 0 Å². The van der Waals surface area contributed by atoms with Gasteiger partial charge in [-0.25, -0.2) is 24.1 Å². The number of hydrogen-bond donors (Lipinski definition) is 1. The van der Waals surface area contributed by atoms with Crippen molar-refractivity contribution in [3.05, 3.63) is 40.1 Å². The van der Waals surface area contributed by atoms with E-state index in [0.717, 1.165) is 10.6 Å². The Bertz CT molecular complexity index is 1000. The van der Waals surface area contributed by atoms with Gasteiger partial charge in [-0.3, -0.25) is 9.80 Å². The summed E-state index contributed by atoms with van der Waals surface area (Å²) in [6.07, 6.45) is 1.09. The number of fused-ring (bicyclic) bond motifs is 1. The van der Waals surface area contributed by atoms with E-state index in [-0.39, 0.29) is 11.9 Å². The molecule has 32 heavy (non-hydrogen) atoms. The number of carbonyl (C=O) groups excluding carboxylic acids is 3. The van der Waals surface area contributed by atoms with Crippen molar-refractivity contribution in [3.8, 4) is 0 Å². The molecule has 3 amide bonds. The number of imidazole rings is 1. The molecule has 0 saturated carbocycles. The fraction of sp³-hybridized carbons (Fsp3) is 0.524. The Labute approximate surface area is 190 Å². The summed E-state index contributed by atoms with van der Waals surface area (Å²) < 4.78 is 6.98. The fourth-order valence-electron chi connectivity index (χ4n) is 3.90. The number of nitrogens with zero attached hydrogens (tertiary/aromatic N) is 5. The lowest BCUT2D eigenvalue weighted by molar-refractivity contribution is -0.137. The van der Waals surface area contributed by atoms with E-state index in [9.17, 15) is 14.4 Å². The van der Waals surface area contributed by atoms with Crippen LogP contribution >= 0.6 is 11.3 Å². The summed E-state index contributed by atoms with van der Waals surface area (Å²) in [5.74, 6) is 0.491. The zero-order chi connectivity index (χ0) is 23.0. The second kappa shape index (κ2) is 8.55. The molecule has 172 valence electrons. The van der Waals surface area contributed by atoms with Crippen molar-refractivity contribution in [2.75, 3.05) is 26.2 Å². The molecule has 1 saturated heterocycles. The van der Waals surface area contributed by atoms with E-state index >= 15 is 0 Å². The molecular formula is C21H28N6O4S. The molecule has 2 aromatic rings. The number of alkyl carbamates (subject to hydrolysis) is 1. The predicted octanol–water partition coefficient (Wildman–Crippen LogP) is 2.36. The first-order valence-corrected chi connectivity index (χ1v) is 11.4. The van der Waals surface area contributed by atoms with Crippen LogP contribution < -0.4 is 5.32 Å². The van der Waals surface area contributed by atoms with Crippen LogP contribution in [0.25, 0.3) is 0 Å². The van der Waals surface area contributed by atoms with Crippen LogP contribution in [0.5, 0.6) is 0 Å². The van der Waals surface area contributed by atoms with Gasteiger partial charge in [-0.05, 0) is 39.1 Å². The van der Waals surface area contributed by atoms with Gasteiger partial charge in [0.05, 0.1) is 18.4 Å². The minimum atomic E-state index is -0.806. The number of hydrogen-bond acceptors (Lipinski definition) is 7. The Morgan fingerprint density at radius 1 is 1.22 bits per heavy atom. The van der Waals surface area contributed by atoms with Gasteiger partial charge < -0.3 is 15.0 Å². The zero-order valence-electron chi connectivity index (χ0n) is 18.7. The molecule has 11 heteroatoms. The lowest BCUT2D eigenvalue weighted by atomic mass is 10.2. The molecule has 2 aliphatic heterocycles. The van der Waals surface area contributed by atoms with Gasteiger partial charge in [0.2, 0.25) is 0 Å². The maximum atomic E-state index is 13.3. The minimum Gasteiger partial charge on any atom is -0.444 e. The molecule has 4 rings (SSSR count). The van der Waals surface area contributed by atoms with Crippen molar-refractivity contribution in [3.63, 3.8) is 0 Å². The van der Waals surface area contributed by atoms with Gasteiger partial charge >= 0.3 is 12.1 Å². The van der Waals surface area contributed by atoms with E-state index in [2.05, 4.69) is 10.3 Å². The van der Waals surface area contributed by atoms with Gasteiger partial charge in [-0.1, -0.05) is 6.07 Å². The first kappa shape index (κ1) is 22.3. The highest BCUT2D eigenvalue weighted by Gasteiger charge is 2.37. The second-order valence-corrected chi connectivity index (χ2v) is 9.83. The lowest BCUT2D eigenvalue weighted by Gasteiger charge is -2.39. The molecule has 0 spiro atoms. The Balaban J connectivity index is 1.40. The third-order valence-electron chi connectivity index (χ3n) is 5.38. The standard InChI is InChI=1S/C21H28N6O4S/c1-14-22-12-15-13-26(20(30)27(14)15)25-9-7-24(8-10-25)18(28)17(16-6-5-11-32-16)23-19(29)31-21(2,3)4/h5-6,11-12,17H,7-10,13H2,1-4H3,(H,23,29). The van der Waals surface area contributed by atoms with Crippen LogP contribution in [-0.4, -0.2) is 74.3 Å². The zero-order valence-corrected chi connectivity index (χ0v) is 19.5. The van der Waals surface area contributed by atoms with E-state index in [4.69, 9.17) is 4.74 Å². The summed E-state index contributed by atoms with van der Waals surface area (Å²) in [5.41, 5.74) is 0.207. The number of piperazine rings is 1. The van der Waals surface area contributed by atoms with Crippen molar-refractivity contribution in [1.82, 2.24) is 29.8 Å². The molecular weight excluding hydrogens is 432 g/mol. The molecule has 1 atom stereocenters. The average molecular weight is 461 g/mol. The predicted molar refractivity (Wildman–Crippen MR) is 118 cm³/mol. The van der Waals surface area contributed by atoms with Crippen molar-refractivity contribution in [1.29, 1.82) is 0 Å². The summed E-state index contributed by atoms with van der Waals surface area (Å²) in [6, 6.07) is 2.76. The van der Waals surface area contributed by atoms with Gasteiger partial charge in [0.15, 0.2) is 0 Å². The first-order valence-electron chi connectivity index (χ1n) is 10.6. The van der Waals surface area contributed by atoms with E-state index in [1.807, 2.05) is 29.4 Å². The number of carbonyl (C=O) groups is 3. The number of nitrogens with one attached hydrogen (secondary N) is 1. The average Bonchev–Trinajstić information content (AvgIpc) is 3.44. The number of rotatable bonds is 4. The largest absolute Gasteiger partial charge is 0.444 e. The Morgan fingerprint density at radius 2 is 1.94 bits per heavy atom. The third-order valence-corrected chi connectivity index (χ3v) is 6.32. The normalized spacial score (nSPS) is 17.9. The van der Waals surface area contributed by atoms with Gasteiger partial charge in [0, 0.05) is 31.1 Å². The number of aromatic nitrogens is 2. The Morgan fingerprint density at radius 3 is 2.53 bits per heavy atom. The van der Waals surface area contributed by atoms with Crippen LogP contribution in [0, 0.1) is 6.92 Å². The molecule has 2 aromatic heterocycles. The van der Waals surface area contributed by atoms with Crippen molar-refractivity contribution >= 4 is 29.4 Å². The van der Waals surface area contributed by atoms with E-state index in [0.29, 0.717) is 38.5 Å². The maximum Gasteiger partial charge on any atom is 0.408 e. The first-order chi connectivity index (χ1) is 15.1. The Hall–Kier alpha value is -2.92. The van der Waals surface area contributed by atoms with Crippen LogP contribution in [0.15, 0.2) is 23.7 Å². The third kappa shape index (κ3) is 4.49. The van der Waals surface area contributed by atoms with E-state index in [1.165, 1.54) is 11.3 Å². The van der Waals surface area contributed by atoms with Crippen LogP contribution in [0.3, 0.4) is 0 Å². The maximum absolute atomic E-state index is 13.3. The number of ether oxygens (including phenoxy) is 1. The highest BCUT2D eigenvalue weighted by atomic mass is 32.1. The van der Waals surface area contributed by atoms with Crippen LogP contribution in [0.4, 0.5) is 9.59 Å². The smallest absolute Gasteiger partial charge is 0.408 e. The molecule has 1 fully saturated rings. The van der Waals surface area contributed by atoms with Crippen LogP contribution in [-0.2, 0) is 16.1 Å². The molecule has 0 radical (unpaired) electrons. The summed E-state index contributed by atoms with van der Waals surface area (Å²) in [7, 11) is 0. The van der Waals surface area contributed by atoms with Gasteiger partial charge in [0.1, 0.15) is 17.5 Å².